The van der Waals surface area contributed by atoms with E-state index in [1.165, 1.54) is 6.26 Å². The lowest BCUT2D eigenvalue weighted by molar-refractivity contribution is 0.340. The Bertz CT molecular complexity index is 725. The SMILES string of the molecule is CCOc1cc(N)cc(Nc2ccc(S(C)(=O)=O)cc2)c1. The minimum Gasteiger partial charge on any atom is -0.494 e. The van der Waals surface area contributed by atoms with Gasteiger partial charge in [0, 0.05) is 35.5 Å². The van der Waals surface area contributed by atoms with Crippen LogP contribution in [0.2, 0.25) is 0 Å². The van der Waals surface area contributed by atoms with Crippen molar-refractivity contribution >= 4 is 26.9 Å². The highest BCUT2D eigenvalue weighted by Crippen LogP contribution is 2.26. The topological polar surface area (TPSA) is 81.4 Å². The third-order valence-electron chi connectivity index (χ3n) is 2.81. The standard InChI is InChI=1S/C15H18N2O3S/c1-3-20-14-9-11(16)8-13(10-14)17-12-4-6-15(7-5-12)21(2,18)19/h4-10,17H,3,16H2,1-2H3. The summed E-state index contributed by atoms with van der Waals surface area (Å²) in [6.07, 6.45) is 1.18. The van der Waals surface area contributed by atoms with E-state index in [4.69, 9.17) is 10.5 Å². The molecular formula is C15H18N2O3S. The summed E-state index contributed by atoms with van der Waals surface area (Å²) < 4.78 is 28.3. The van der Waals surface area contributed by atoms with Gasteiger partial charge in [-0.2, -0.15) is 0 Å². The van der Waals surface area contributed by atoms with Crippen LogP contribution in [0.25, 0.3) is 0 Å². The van der Waals surface area contributed by atoms with Crippen LogP contribution in [-0.2, 0) is 9.84 Å². The Labute approximate surface area is 124 Å². The molecule has 0 saturated carbocycles. The van der Waals surface area contributed by atoms with Crippen molar-refractivity contribution in [3.8, 4) is 5.75 Å². The van der Waals surface area contributed by atoms with Gasteiger partial charge in [-0.05, 0) is 37.3 Å². The number of anilines is 3. The largest absolute Gasteiger partial charge is 0.494 e. The van der Waals surface area contributed by atoms with Crippen molar-refractivity contribution < 1.29 is 13.2 Å². The summed E-state index contributed by atoms with van der Waals surface area (Å²) in [5, 5.41) is 3.17. The molecule has 3 N–H and O–H groups in total. The second-order valence-corrected chi connectivity index (χ2v) is 6.66. The van der Waals surface area contributed by atoms with E-state index in [0.717, 1.165) is 11.4 Å². The van der Waals surface area contributed by atoms with Crippen molar-refractivity contribution in [3.05, 3.63) is 42.5 Å². The molecule has 0 atom stereocenters. The predicted molar refractivity (Wildman–Crippen MR) is 84.9 cm³/mol. The third kappa shape index (κ3) is 4.13. The molecule has 21 heavy (non-hydrogen) atoms. The number of hydrogen-bond donors (Lipinski definition) is 2. The minimum absolute atomic E-state index is 0.288. The van der Waals surface area contributed by atoms with Gasteiger partial charge in [0.15, 0.2) is 9.84 Å². The van der Waals surface area contributed by atoms with E-state index in [-0.39, 0.29) is 4.90 Å². The van der Waals surface area contributed by atoms with Gasteiger partial charge in [-0.3, -0.25) is 0 Å². The molecule has 2 rings (SSSR count). The lowest BCUT2D eigenvalue weighted by atomic mass is 10.2. The first-order valence-electron chi connectivity index (χ1n) is 6.49. The second kappa shape index (κ2) is 6.05. The Hall–Kier alpha value is -2.21. The fraction of sp³-hybridized carbons (Fsp3) is 0.200. The van der Waals surface area contributed by atoms with Crippen molar-refractivity contribution in [3.63, 3.8) is 0 Å². The molecule has 0 aromatic heterocycles. The molecule has 2 aromatic rings. The van der Waals surface area contributed by atoms with Crippen LogP contribution >= 0.6 is 0 Å². The highest BCUT2D eigenvalue weighted by Gasteiger charge is 2.06. The third-order valence-corrected chi connectivity index (χ3v) is 3.94. The van der Waals surface area contributed by atoms with Crippen molar-refractivity contribution in [1.82, 2.24) is 0 Å². The van der Waals surface area contributed by atoms with Crippen molar-refractivity contribution in [2.45, 2.75) is 11.8 Å². The van der Waals surface area contributed by atoms with Crippen molar-refractivity contribution in [1.29, 1.82) is 0 Å². The van der Waals surface area contributed by atoms with E-state index in [1.807, 2.05) is 13.0 Å². The molecule has 0 bridgehead atoms. The molecule has 0 aliphatic carbocycles. The maximum atomic E-state index is 11.4. The normalized spacial score (nSPS) is 11.1. The number of nitrogen functional groups attached to an aromatic ring is 1. The summed E-state index contributed by atoms with van der Waals surface area (Å²) >= 11 is 0. The smallest absolute Gasteiger partial charge is 0.175 e. The van der Waals surface area contributed by atoms with Gasteiger partial charge in [0.2, 0.25) is 0 Å². The molecule has 112 valence electrons. The highest BCUT2D eigenvalue weighted by molar-refractivity contribution is 7.90. The van der Waals surface area contributed by atoms with Crippen molar-refractivity contribution in [2.24, 2.45) is 0 Å². The van der Waals surface area contributed by atoms with Crippen LogP contribution in [0.15, 0.2) is 47.4 Å². The predicted octanol–water partition coefficient (Wildman–Crippen LogP) is 2.81. The molecule has 0 heterocycles. The molecule has 0 aliphatic rings. The van der Waals surface area contributed by atoms with E-state index in [9.17, 15) is 8.42 Å². The average molecular weight is 306 g/mol. The summed E-state index contributed by atoms with van der Waals surface area (Å²) in [4.78, 5) is 0.288. The average Bonchev–Trinajstić information content (AvgIpc) is 2.38. The van der Waals surface area contributed by atoms with E-state index >= 15 is 0 Å². The van der Waals surface area contributed by atoms with Crippen LogP contribution < -0.4 is 15.8 Å². The van der Waals surface area contributed by atoms with Gasteiger partial charge in [-0.1, -0.05) is 0 Å². The van der Waals surface area contributed by atoms with Crippen LogP contribution in [-0.4, -0.2) is 21.3 Å². The Balaban J connectivity index is 2.22. The number of nitrogens with two attached hydrogens (primary N) is 1. The molecule has 6 heteroatoms. The Kier molecular flexibility index (Phi) is 4.37. The van der Waals surface area contributed by atoms with Gasteiger partial charge in [-0.25, -0.2) is 8.42 Å². The molecule has 0 spiro atoms. The fourth-order valence-corrected chi connectivity index (χ4v) is 2.53. The summed E-state index contributed by atoms with van der Waals surface area (Å²) in [5.74, 6) is 0.688. The minimum atomic E-state index is -3.18. The molecule has 0 fully saturated rings. The summed E-state index contributed by atoms with van der Waals surface area (Å²) in [6, 6.07) is 11.9. The number of ether oxygens (including phenoxy) is 1. The highest BCUT2D eigenvalue weighted by atomic mass is 32.2. The molecule has 5 nitrogen and oxygen atoms in total. The maximum absolute atomic E-state index is 11.4. The molecule has 0 radical (unpaired) electrons. The molecule has 0 saturated heterocycles. The van der Waals surface area contributed by atoms with Crippen LogP contribution in [0, 0.1) is 0 Å². The van der Waals surface area contributed by atoms with Gasteiger partial charge in [-0.15, -0.1) is 0 Å². The van der Waals surface area contributed by atoms with Crippen molar-refractivity contribution in [2.75, 3.05) is 23.9 Å². The van der Waals surface area contributed by atoms with Gasteiger partial charge in [0.05, 0.1) is 11.5 Å². The van der Waals surface area contributed by atoms with Crippen LogP contribution in [0.5, 0.6) is 5.75 Å². The zero-order chi connectivity index (χ0) is 15.5. The number of hydrogen-bond acceptors (Lipinski definition) is 5. The summed E-state index contributed by atoms with van der Waals surface area (Å²) in [5.41, 5.74) is 7.98. The lowest BCUT2D eigenvalue weighted by Crippen LogP contribution is -1.98. The Morgan fingerprint density at radius 1 is 1.10 bits per heavy atom. The first-order chi connectivity index (χ1) is 9.88. The quantitative estimate of drug-likeness (QED) is 0.830. The van der Waals surface area contributed by atoms with E-state index < -0.39 is 9.84 Å². The van der Waals surface area contributed by atoms with Gasteiger partial charge >= 0.3 is 0 Å². The van der Waals surface area contributed by atoms with E-state index in [0.29, 0.717) is 18.0 Å². The number of rotatable bonds is 5. The summed E-state index contributed by atoms with van der Waals surface area (Å²) in [6.45, 7) is 2.46. The van der Waals surface area contributed by atoms with E-state index in [2.05, 4.69) is 5.32 Å². The van der Waals surface area contributed by atoms with E-state index in [1.54, 1.807) is 36.4 Å². The molecule has 0 unspecified atom stereocenters. The molecule has 2 aromatic carbocycles. The Morgan fingerprint density at radius 2 is 1.76 bits per heavy atom. The van der Waals surface area contributed by atoms with Gasteiger partial charge in [0.25, 0.3) is 0 Å². The molecule has 0 aliphatic heterocycles. The zero-order valence-electron chi connectivity index (χ0n) is 12.0. The number of sulfone groups is 1. The first kappa shape index (κ1) is 15.2. The van der Waals surface area contributed by atoms with Crippen LogP contribution in [0.3, 0.4) is 0 Å². The number of nitrogens with one attached hydrogen (secondary N) is 1. The van der Waals surface area contributed by atoms with Crippen LogP contribution in [0.1, 0.15) is 6.92 Å². The van der Waals surface area contributed by atoms with Gasteiger partial charge < -0.3 is 15.8 Å². The zero-order valence-corrected chi connectivity index (χ0v) is 12.8. The van der Waals surface area contributed by atoms with Crippen LogP contribution in [0.4, 0.5) is 17.1 Å². The Morgan fingerprint density at radius 3 is 2.33 bits per heavy atom. The number of benzene rings is 2. The first-order valence-corrected chi connectivity index (χ1v) is 8.38. The van der Waals surface area contributed by atoms with Gasteiger partial charge in [0.1, 0.15) is 5.75 Å². The summed E-state index contributed by atoms with van der Waals surface area (Å²) in [7, 11) is -3.18. The maximum Gasteiger partial charge on any atom is 0.175 e. The fourth-order valence-electron chi connectivity index (χ4n) is 1.90. The molecular weight excluding hydrogens is 288 g/mol. The molecule has 0 amide bonds. The monoisotopic (exact) mass is 306 g/mol. The lowest BCUT2D eigenvalue weighted by Gasteiger charge is -2.11. The second-order valence-electron chi connectivity index (χ2n) is 4.65.